The maximum absolute atomic E-state index is 12.1. The van der Waals surface area contributed by atoms with Crippen molar-refractivity contribution in [3.05, 3.63) is 54.1 Å². The predicted octanol–water partition coefficient (Wildman–Crippen LogP) is 2.31. The van der Waals surface area contributed by atoms with Crippen molar-refractivity contribution in [2.24, 2.45) is 0 Å². The molecule has 14 nitrogen and oxygen atoms in total. The zero-order valence-electron chi connectivity index (χ0n) is 20.5. The SMILES string of the molecule is C.COc1ccc(-n2nc(-c3ccc(C)cc3S(=O)(=O)[O-])n[n+]2-c2nc3cc4c(cc3s2)OCO4)cc1S(=O)(=O)[O-]. The first-order valence-corrected chi connectivity index (χ1v) is 14.9. The number of tetrazole rings is 1. The van der Waals surface area contributed by atoms with Gasteiger partial charge in [0.05, 0.1) is 27.2 Å². The number of ether oxygens (including phenoxy) is 3. The average molecular weight is 619 g/mol. The molecule has 0 unspecified atom stereocenters. The number of rotatable bonds is 6. The topological polar surface area (TPSA) is 190 Å². The van der Waals surface area contributed by atoms with E-state index < -0.39 is 30.0 Å². The van der Waals surface area contributed by atoms with E-state index in [0.29, 0.717) is 27.3 Å². The van der Waals surface area contributed by atoms with Gasteiger partial charge in [-0.25, -0.2) is 16.8 Å². The van der Waals surface area contributed by atoms with Crippen LogP contribution in [0.4, 0.5) is 0 Å². The second kappa shape index (κ2) is 10.0. The highest BCUT2D eigenvalue weighted by Crippen LogP contribution is 2.38. The number of hydrogen-bond donors (Lipinski definition) is 0. The van der Waals surface area contributed by atoms with Crippen molar-refractivity contribution in [2.75, 3.05) is 13.9 Å². The zero-order chi connectivity index (χ0) is 28.4. The van der Waals surface area contributed by atoms with Crippen LogP contribution >= 0.6 is 11.3 Å². The van der Waals surface area contributed by atoms with Crippen molar-refractivity contribution >= 4 is 41.8 Å². The fraction of sp³-hybridized carbons (Fsp3) is 0.167. The van der Waals surface area contributed by atoms with Crippen molar-refractivity contribution in [1.82, 2.24) is 20.0 Å². The minimum atomic E-state index is -4.96. The Balaban J connectivity index is 0.00000337. The first-order chi connectivity index (χ1) is 18.9. The summed E-state index contributed by atoms with van der Waals surface area (Å²) in [5.74, 6) is 0.672. The fourth-order valence-corrected chi connectivity index (χ4v) is 6.42. The Labute approximate surface area is 237 Å². The van der Waals surface area contributed by atoms with Crippen LogP contribution in [-0.4, -0.2) is 59.8 Å². The molecule has 0 atom stereocenters. The van der Waals surface area contributed by atoms with Gasteiger partial charge in [0.25, 0.3) is 5.82 Å². The van der Waals surface area contributed by atoms with E-state index in [2.05, 4.69) is 15.2 Å². The summed E-state index contributed by atoms with van der Waals surface area (Å²) in [5, 5.41) is 9.05. The molecule has 0 spiro atoms. The molecule has 214 valence electrons. The maximum Gasteiger partial charge on any atom is 0.365 e. The van der Waals surface area contributed by atoms with Crippen LogP contribution in [0, 0.1) is 6.92 Å². The zero-order valence-corrected chi connectivity index (χ0v) is 22.9. The summed E-state index contributed by atoms with van der Waals surface area (Å²) in [7, 11) is -8.67. The van der Waals surface area contributed by atoms with Gasteiger partial charge in [-0.2, -0.15) is 0 Å². The van der Waals surface area contributed by atoms with E-state index in [0.717, 1.165) is 10.9 Å². The van der Waals surface area contributed by atoms with Crippen LogP contribution in [0.3, 0.4) is 0 Å². The highest BCUT2D eigenvalue weighted by molar-refractivity contribution is 7.86. The van der Waals surface area contributed by atoms with Crippen LogP contribution in [0.5, 0.6) is 17.2 Å². The number of thiazole rings is 1. The summed E-state index contributed by atoms with van der Waals surface area (Å²) in [6.45, 7) is 1.70. The molecule has 0 radical (unpaired) electrons. The second-order valence-corrected chi connectivity index (χ2v) is 12.2. The first-order valence-electron chi connectivity index (χ1n) is 11.2. The standard InChI is InChI=1S/C23H17N5O9S3.CH4/c1-12-3-5-14(20(7-12)39(29,30)31)22-25-27(13-4-6-16(35-2)21(8-13)40(32,33)34)28(26-22)23-24-15-9-17-18(37-11-36-17)10-19(15)38-23;/h3-10H,11H2,1-2H3,(H-,29,30,31,32,33,34);1H4/p-1. The van der Waals surface area contributed by atoms with Gasteiger partial charge in [0.1, 0.15) is 31.7 Å². The molecule has 0 amide bonds. The maximum atomic E-state index is 12.1. The van der Waals surface area contributed by atoms with Crippen LogP contribution < -0.4 is 19.0 Å². The lowest BCUT2D eigenvalue weighted by molar-refractivity contribution is -0.734. The number of fused-ring (bicyclic) bond motifs is 2. The van der Waals surface area contributed by atoms with Crippen LogP contribution in [0.2, 0.25) is 0 Å². The van der Waals surface area contributed by atoms with Gasteiger partial charge in [0.2, 0.25) is 6.79 Å². The minimum absolute atomic E-state index is 0. The molecule has 5 aromatic rings. The second-order valence-electron chi connectivity index (χ2n) is 8.52. The third kappa shape index (κ3) is 5.08. The molecule has 0 N–H and O–H groups in total. The third-order valence-electron chi connectivity index (χ3n) is 5.90. The molecule has 2 aromatic heterocycles. The van der Waals surface area contributed by atoms with Gasteiger partial charge in [-0.3, -0.25) is 0 Å². The monoisotopic (exact) mass is 618 g/mol. The molecule has 17 heteroatoms. The molecule has 3 aromatic carbocycles. The molecule has 6 rings (SSSR count). The smallest absolute Gasteiger partial charge is 0.365 e. The summed E-state index contributed by atoms with van der Waals surface area (Å²) in [4.78, 5) is 5.71. The van der Waals surface area contributed by atoms with Gasteiger partial charge in [-0.1, -0.05) is 29.8 Å². The van der Waals surface area contributed by atoms with Crippen molar-refractivity contribution in [3.63, 3.8) is 0 Å². The number of nitrogens with zero attached hydrogens (tertiary/aromatic N) is 5. The minimum Gasteiger partial charge on any atom is -0.744 e. The summed E-state index contributed by atoms with van der Waals surface area (Å²) in [6.07, 6.45) is 0. The molecule has 0 aliphatic carbocycles. The number of aryl methyl sites for hydroxylation is 1. The Morgan fingerprint density at radius 1 is 0.976 bits per heavy atom. The van der Waals surface area contributed by atoms with Crippen molar-refractivity contribution < 1.29 is 44.9 Å². The summed E-state index contributed by atoms with van der Waals surface area (Å²) in [6, 6.07) is 11.3. The molecule has 41 heavy (non-hydrogen) atoms. The number of aromatic nitrogens is 5. The Bertz CT molecular complexity index is 2010. The van der Waals surface area contributed by atoms with Crippen LogP contribution in [0.15, 0.2) is 58.3 Å². The molecule has 1 aliphatic heterocycles. The molecular formula is C24H20N5O9S3-. The highest BCUT2D eigenvalue weighted by Gasteiger charge is 2.29. The van der Waals surface area contributed by atoms with Gasteiger partial charge in [-0.05, 0) is 57.5 Å². The largest absolute Gasteiger partial charge is 0.744 e. The molecular weight excluding hydrogens is 598 g/mol. The average Bonchev–Trinajstić information content (AvgIpc) is 3.63. The quantitative estimate of drug-likeness (QED) is 0.200. The molecule has 0 saturated heterocycles. The number of benzene rings is 3. The number of hydrogen-bond acceptors (Lipinski definition) is 13. The van der Waals surface area contributed by atoms with E-state index in [1.54, 1.807) is 25.1 Å². The fourth-order valence-electron chi connectivity index (χ4n) is 4.08. The lowest BCUT2D eigenvalue weighted by atomic mass is 10.1. The Morgan fingerprint density at radius 3 is 2.37 bits per heavy atom. The number of methoxy groups -OCH3 is 1. The van der Waals surface area contributed by atoms with E-state index in [1.165, 1.54) is 47.5 Å². The lowest BCUT2D eigenvalue weighted by Gasteiger charge is -2.12. The van der Waals surface area contributed by atoms with Crippen molar-refractivity contribution in [1.29, 1.82) is 0 Å². The summed E-state index contributed by atoms with van der Waals surface area (Å²) in [5.41, 5.74) is 1.03. The van der Waals surface area contributed by atoms with E-state index in [9.17, 15) is 25.9 Å². The summed E-state index contributed by atoms with van der Waals surface area (Å²) >= 11 is 1.17. The van der Waals surface area contributed by atoms with Crippen molar-refractivity contribution in [2.45, 2.75) is 24.1 Å². The highest BCUT2D eigenvalue weighted by atomic mass is 32.2. The molecule has 0 saturated carbocycles. The Morgan fingerprint density at radius 2 is 1.68 bits per heavy atom. The lowest BCUT2D eigenvalue weighted by Crippen LogP contribution is -2.43. The van der Waals surface area contributed by atoms with Crippen LogP contribution in [0.1, 0.15) is 13.0 Å². The van der Waals surface area contributed by atoms with Crippen LogP contribution in [-0.2, 0) is 20.2 Å². The third-order valence-corrected chi connectivity index (χ3v) is 8.61. The molecule has 0 fully saturated rings. The predicted molar refractivity (Wildman–Crippen MR) is 142 cm³/mol. The van der Waals surface area contributed by atoms with Gasteiger partial charge in [0, 0.05) is 17.2 Å². The van der Waals surface area contributed by atoms with Crippen LogP contribution in [0.25, 0.3) is 32.4 Å². The molecule has 1 aliphatic rings. The van der Waals surface area contributed by atoms with Gasteiger partial charge >= 0.3 is 5.13 Å². The van der Waals surface area contributed by atoms with E-state index >= 15 is 0 Å². The normalized spacial score (nSPS) is 12.9. The van der Waals surface area contributed by atoms with Crippen molar-refractivity contribution in [3.8, 4) is 39.5 Å². The van der Waals surface area contributed by atoms with Gasteiger partial charge < -0.3 is 23.3 Å². The molecule has 3 heterocycles. The van der Waals surface area contributed by atoms with Gasteiger partial charge in [0.15, 0.2) is 17.0 Å². The van der Waals surface area contributed by atoms with E-state index in [1.807, 2.05) is 0 Å². The summed E-state index contributed by atoms with van der Waals surface area (Å²) < 4.78 is 88.7. The molecule has 0 bridgehead atoms. The van der Waals surface area contributed by atoms with Gasteiger partial charge in [-0.15, -0.1) is 0 Å². The first kappa shape index (κ1) is 28.4. The Hall–Kier alpha value is -4.16. The van der Waals surface area contributed by atoms with E-state index in [-0.39, 0.29) is 42.2 Å². The Kier molecular flexibility index (Phi) is 6.94. The van der Waals surface area contributed by atoms with E-state index in [4.69, 9.17) is 14.2 Å².